The van der Waals surface area contributed by atoms with Crippen molar-refractivity contribution in [2.24, 2.45) is 0 Å². The molecule has 0 atom stereocenters. The molecule has 3 heteroatoms. The molecule has 0 aromatic rings. The minimum Gasteiger partial charge on any atom is -0.353 e. The van der Waals surface area contributed by atoms with Crippen LogP contribution in [0.4, 0.5) is 0 Å². The third-order valence-corrected chi connectivity index (χ3v) is 2.50. The highest BCUT2D eigenvalue weighted by Gasteiger charge is 2.09. The number of hydrogen-bond acceptors (Lipinski definition) is 2. The van der Waals surface area contributed by atoms with Gasteiger partial charge in [0.25, 0.3) is 0 Å². The molecule has 0 saturated carbocycles. The lowest BCUT2D eigenvalue weighted by atomic mass is 9.95. The van der Waals surface area contributed by atoms with E-state index in [-0.39, 0.29) is 5.91 Å². The molecule has 0 spiro atoms. The maximum atomic E-state index is 11.0. The van der Waals surface area contributed by atoms with E-state index in [9.17, 15) is 9.59 Å². The Balaban J connectivity index is 2.12. The summed E-state index contributed by atoms with van der Waals surface area (Å²) in [4.78, 5) is 21.8. The highest BCUT2D eigenvalue weighted by Crippen LogP contribution is 2.18. The van der Waals surface area contributed by atoms with Crippen molar-refractivity contribution in [3.05, 3.63) is 24.3 Å². The molecule has 0 aliphatic heterocycles. The molecule has 15 heavy (non-hydrogen) atoms. The highest BCUT2D eigenvalue weighted by atomic mass is 16.1. The number of allylic oxidation sites excluding steroid dienone is 2. The summed E-state index contributed by atoms with van der Waals surface area (Å²) in [5.41, 5.74) is 1.35. The lowest BCUT2D eigenvalue weighted by Crippen LogP contribution is -2.21. The number of ketones is 1. The molecule has 0 saturated heterocycles. The predicted molar refractivity (Wildman–Crippen MR) is 59.4 cm³/mol. The van der Waals surface area contributed by atoms with E-state index in [2.05, 4.69) is 11.9 Å². The first-order valence-corrected chi connectivity index (χ1v) is 5.32. The van der Waals surface area contributed by atoms with Gasteiger partial charge in [-0.3, -0.25) is 9.59 Å². The molecule has 0 bridgehead atoms. The molecule has 0 aromatic carbocycles. The Bertz CT molecular complexity index is 292. The van der Waals surface area contributed by atoms with Gasteiger partial charge in [0, 0.05) is 19.4 Å². The summed E-state index contributed by atoms with van der Waals surface area (Å²) < 4.78 is 0. The minimum absolute atomic E-state index is 0.122. The molecule has 0 fully saturated rings. The quantitative estimate of drug-likeness (QED) is 0.424. The number of rotatable bonds is 5. The van der Waals surface area contributed by atoms with Gasteiger partial charge in [-0.2, -0.15) is 0 Å². The van der Waals surface area contributed by atoms with Gasteiger partial charge < -0.3 is 5.32 Å². The van der Waals surface area contributed by atoms with Crippen LogP contribution in [0.3, 0.4) is 0 Å². The van der Waals surface area contributed by atoms with Crippen molar-refractivity contribution in [3.8, 4) is 0 Å². The number of hydrogen-bond donors (Lipinski definition) is 1. The topological polar surface area (TPSA) is 46.2 Å². The second kappa shape index (κ2) is 6.17. The average Bonchev–Trinajstić information content (AvgIpc) is 2.26. The number of carbonyl (C=O) groups is 2. The van der Waals surface area contributed by atoms with E-state index in [0.29, 0.717) is 25.2 Å². The van der Waals surface area contributed by atoms with Crippen molar-refractivity contribution in [1.82, 2.24) is 5.32 Å². The molecule has 0 radical (unpaired) electrons. The van der Waals surface area contributed by atoms with Gasteiger partial charge in [-0.25, -0.2) is 0 Å². The summed E-state index contributed by atoms with van der Waals surface area (Å²) >= 11 is 0. The lowest BCUT2D eigenvalue weighted by Gasteiger charge is -2.11. The highest BCUT2D eigenvalue weighted by molar-refractivity contribution is 5.86. The van der Waals surface area contributed by atoms with Crippen LogP contribution in [0.25, 0.3) is 0 Å². The molecule has 1 amide bonds. The average molecular weight is 207 g/mol. The monoisotopic (exact) mass is 207 g/mol. The minimum atomic E-state index is -0.122. The van der Waals surface area contributed by atoms with Crippen LogP contribution in [0, 0.1) is 0 Å². The first-order chi connectivity index (χ1) is 7.22. The van der Waals surface area contributed by atoms with Crippen LogP contribution in [0.2, 0.25) is 0 Å². The molecule has 3 nitrogen and oxygen atoms in total. The van der Waals surface area contributed by atoms with Crippen LogP contribution in [0.15, 0.2) is 24.3 Å². The van der Waals surface area contributed by atoms with Crippen LogP contribution in [0.5, 0.6) is 0 Å². The Kier molecular flexibility index (Phi) is 4.81. The van der Waals surface area contributed by atoms with Crippen LogP contribution in [-0.4, -0.2) is 18.2 Å². The summed E-state index contributed by atoms with van der Waals surface area (Å²) in [6, 6.07) is 0. The predicted octanol–water partition coefficient (Wildman–Crippen LogP) is 1.75. The fourth-order valence-corrected chi connectivity index (χ4v) is 1.59. The van der Waals surface area contributed by atoms with E-state index >= 15 is 0 Å². The third kappa shape index (κ3) is 4.58. The Morgan fingerprint density at radius 3 is 2.93 bits per heavy atom. The van der Waals surface area contributed by atoms with Gasteiger partial charge in [-0.15, -0.1) is 0 Å². The van der Waals surface area contributed by atoms with Gasteiger partial charge in [0.1, 0.15) is 5.78 Å². The Morgan fingerprint density at radius 2 is 2.33 bits per heavy atom. The number of Topliss-reactive ketones (excluding diaryl/α,β-unsaturated/α-hetero) is 1. The van der Waals surface area contributed by atoms with Crippen molar-refractivity contribution >= 4 is 11.7 Å². The largest absolute Gasteiger partial charge is 0.353 e. The van der Waals surface area contributed by atoms with Crippen LogP contribution in [-0.2, 0) is 9.59 Å². The van der Waals surface area contributed by atoms with Gasteiger partial charge in [0.05, 0.1) is 0 Å². The molecule has 1 rings (SSSR count). The van der Waals surface area contributed by atoms with Crippen molar-refractivity contribution in [3.63, 3.8) is 0 Å². The fourth-order valence-electron chi connectivity index (χ4n) is 1.59. The van der Waals surface area contributed by atoms with Gasteiger partial charge in [0.15, 0.2) is 0 Å². The van der Waals surface area contributed by atoms with Crippen molar-refractivity contribution in [2.75, 3.05) is 6.54 Å². The summed E-state index contributed by atoms with van der Waals surface area (Å²) in [6.07, 6.45) is 7.39. The zero-order valence-corrected chi connectivity index (χ0v) is 8.92. The summed E-state index contributed by atoms with van der Waals surface area (Å²) in [5.74, 6) is 0.210. The molecule has 0 aromatic heterocycles. The first kappa shape index (κ1) is 11.7. The summed E-state index contributed by atoms with van der Waals surface area (Å²) in [7, 11) is 0. The maximum Gasteiger partial charge on any atom is 0.243 e. The van der Waals surface area contributed by atoms with Gasteiger partial charge in [-0.05, 0) is 25.3 Å². The lowest BCUT2D eigenvalue weighted by molar-refractivity contribution is -0.118. The van der Waals surface area contributed by atoms with Gasteiger partial charge in [-0.1, -0.05) is 18.2 Å². The van der Waals surface area contributed by atoms with E-state index < -0.39 is 0 Å². The SMILES string of the molecule is C=CC(=O)NCCCC1=CCC(=O)CC1. The first-order valence-electron chi connectivity index (χ1n) is 5.32. The van der Waals surface area contributed by atoms with Crippen molar-refractivity contribution in [1.29, 1.82) is 0 Å². The second-order valence-electron chi connectivity index (χ2n) is 3.70. The number of nitrogens with one attached hydrogen (secondary N) is 1. The van der Waals surface area contributed by atoms with Crippen LogP contribution >= 0.6 is 0 Å². The molecular formula is C12H17NO2. The third-order valence-electron chi connectivity index (χ3n) is 2.50. The second-order valence-corrected chi connectivity index (χ2v) is 3.70. The molecule has 1 aliphatic rings. The fraction of sp³-hybridized carbons (Fsp3) is 0.500. The Labute approximate surface area is 90.2 Å². The summed E-state index contributed by atoms with van der Waals surface area (Å²) in [5, 5.41) is 2.73. The smallest absolute Gasteiger partial charge is 0.243 e. The van der Waals surface area contributed by atoms with E-state index in [1.165, 1.54) is 11.6 Å². The standard InChI is InChI=1S/C12H17NO2/c1-2-12(15)13-9-3-4-10-5-7-11(14)8-6-10/h2,5H,1,3-4,6-9H2,(H,13,15). The zero-order valence-electron chi connectivity index (χ0n) is 8.92. The van der Waals surface area contributed by atoms with Crippen LogP contribution < -0.4 is 5.32 Å². The van der Waals surface area contributed by atoms with E-state index in [0.717, 1.165) is 19.3 Å². The Morgan fingerprint density at radius 1 is 1.53 bits per heavy atom. The number of carbonyl (C=O) groups excluding carboxylic acids is 2. The maximum absolute atomic E-state index is 11.0. The summed E-state index contributed by atoms with van der Waals surface area (Å²) in [6.45, 7) is 4.05. The van der Waals surface area contributed by atoms with Gasteiger partial charge in [0.2, 0.25) is 5.91 Å². The number of amides is 1. The Hall–Kier alpha value is -1.38. The molecule has 1 N–H and O–H groups in total. The molecule has 0 heterocycles. The van der Waals surface area contributed by atoms with Crippen molar-refractivity contribution < 1.29 is 9.59 Å². The van der Waals surface area contributed by atoms with E-state index in [1.54, 1.807) is 0 Å². The van der Waals surface area contributed by atoms with Crippen molar-refractivity contribution in [2.45, 2.75) is 32.1 Å². The van der Waals surface area contributed by atoms with E-state index in [1.807, 2.05) is 6.08 Å². The molecule has 0 unspecified atom stereocenters. The molecule has 82 valence electrons. The normalized spacial score (nSPS) is 15.7. The van der Waals surface area contributed by atoms with E-state index in [4.69, 9.17) is 0 Å². The zero-order chi connectivity index (χ0) is 11.1. The van der Waals surface area contributed by atoms with Gasteiger partial charge >= 0.3 is 0 Å². The molecular weight excluding hydrogens is 190 g/mol. The molecule has 1 aliphatic carbocycles. The van der Waals surface area contributed by atoms with Crippen LogP contribution in [0.1, 0.15) is 32.1 Å².